The largest absolute Gasteiger partial charge is 0.491 e. The van der Waals surface area contributed by atoms with E-state index in [0.717, 1.165) is 25.0 Å². The van der Waals surface area contributed by atoms with Gasteiger partial charge in [-0.2, -0.15) is 13.2 Å². The normalized spacial score (nSPS) is 16.5. The van der Waals surface area contributed by atoms with Crippen molar-refractivity contribution in [1.82, 2.24) is 5.32 Å². The van der Waals surface area contributed by atoms with E-state index in [1.165, 1.54) is 18.6 Å². The van der Waals surface area contributed by atoms with Crippen LogP contribution in [-0.2, 0) is 11.0 Å². The van der Waals surface area contributed by atoms with E-state index in [9.17, 15) is 23.1 Å². The van der Waals surface area contributed by atoms with E-state index in [0.29, 0.717) is 12.3 Å². The first-order valence-electron chi connectivity index (χ1n) is 7.59. The minimum absolute atomic E-state index is 0.0617. The van der Waals surface area contributed by atoms with E-state index < -0.39 is 17.8 Å². The van der Waals surface area contributed by atoms with Gasteiger partial charge in [0.1, 0.15) is 18.5 Å². The van der Waals surface area contributed by atoms with Crippen molar-refractivity contribution in [2.45, 2.75) is 38.0 Å². The fourth-order valence-electron chi connectivity index (χ4n) is 2.25. The van der Waals surface area contributed by atoms with Gasteiger partial charge >= 0.3 is 6.18 Å². The number of aliphatic hydroxyl groups excluding tert-OH is 1. The number of alkyl halides is 3. The summed E-state index contributed by atoms with van der Waals surface area (Å²) >= 11 is 0. The molecule has 0 radical (unpaired) electrons. The summed E-state index contributed by atoms with van der Waals surface area (Å²) in [5.74, 6) is 0.594. The summed E-state index contributed by atoms with van der Waals surface area (Å²) in [5, 5.41) is 12.4. The predicted octanol–water partition coefficient (Wildman–Crippen LogP) is 2.75. The molecule has 1 aliphatic rings. The lowest BCUT2D eigenvalue weighted by molar-refractivity contribution is -0.137. The van der Waals surface area contributed by atoms with Crippen molar-refractivity contribution < 1.29 is 27.8 Å². The van der Waals surface area contributed by atoms with Gasteiger partial charge in [-0.05, 0) is 43.0 Å². The van der Waals surface area contributed by atoms with Crippen molar-refractivity contribution in [2.75, 3.05) is 13.2 Å². The monoisotopic (exact) mass is 331 g/mol. The average Bonchev–Trinajstić information content (AvgIpc) is 2.46. The van der Waals surface area contributed by atoms with Crippen molar-refractivity contribution in [2.24, 2.45) is 5.92 Å². The van der Waals surface area contributed by atoms with Gasteiger partial charge in [-0.15, -0.1) is 0 Å². The van der Waals surface area contributed by atoms with Crippen LogP contribution in [0.4, 0.5) is 13.2 Å². The molecule has 7 heteroatoms. The van der Waals surface area contributed by atoms with Crippen LogP contribution in [-0.4, -0.2) is 30.3 Å². The maximum Gasteiger partial charge on any atom is 0.416 e. The summed E-state index contributed by atoms with van der Waals surface area (Å²) in [6.07, 6.45) is -1.50. The molecule has 0 aromatic heterocycles. The molecular weight excluding hydrogens is 311 g/mol. The first-order chi connectivity index (χ1) is 10.8. The van der Waals surface area contributed by atoms with Gasteiger partial charge < -0.3 is 15.2 Å². The Bertz CT molecular complexity index is 512. The lowest BCUT2D eigenvalue weighted by Crippen LogP contribution is -2.36. The van der Waals surface area contributed by atoms with Crippen molar-refractivity contribution in [3.8, 4) is 5.75 Å². The average molecular weight is 331 g/mol. The van der Waals surface area contributed by atoms with Gasteiger partial charge in [-0.3, -0.25) is 4.79 Å². The molecule has 1 atom stereocenters. The van der Waals surface area contributed by atoms with Gasteiger partial charge in [0, 0.05) is 13.0 Å². The summed E-state index contributed by atoms with van der Waals surface area (Å²) in [4.78, 5) is 11.6. The highest BCUT2D eigenvalue weighted by atomic mass is 19.4. The number of amides is 1. The number of hydrogen-bond donors (Lipinski definition) is 2. The predicted molar refractivity (Wildman–Crippen MR) is 77.9 cm³/mol. The second-order valence-corrected chi connectivity index (χ2v) is 5.79. The molecular formula is C16H20F3NO3. The highest BCUT2D eigenvalue weighted by Gasteiger charge is 2.30. The summed E-state index contributed by atoms with van der Waals surface area (Å²) in [7, 11) is 0. The van der Waals surface area contributed by atoms with Gasteiger partial charge in [0.2, 0.25) is 5.91 Å². The number of halogens is 3. The molecule has 1 amide bonds. The molecule has 1 aromatic rings. The molecule has 1 unspecified atom stereocenters. The fraction of sp³-hybridized carbons (Fsp3) is 0.562. The number of ether oxygens (including phenoxy) is 1. The first-order valence-corrected chi connectivity index (χ1v) is 7.59. The van der Waals surface area contributed by atoms with Crippen LogP contribution in [0.2, 0.25) is 0 Å². The zero-order chi connectivity index (χ0) is 16.9. The second-order valence-electron chi connectivity index (χ2n) is 5.79. The molecule has 2 rings (SSSR count). The van der Waals surface area contributed by atoms with Crippen LogP contribution >= 0.6 is 0 Å². The molecule has 2 N–H and O–H groups in total. The minimum Gasteiger partial charge on any atom is -0.491 e. The third-order valence-corrected chi connectivity index (χ3v) is 3.86. The molecule has 1 saturated carbocycles. The van der Waals surface area contributed by atoms with Gasteiger partial charge in [0.15, 0.2) is 0 Å². The standard InChI is InChI=1S/C16H20F3NO3/c17-16(18,19)12-4-6-14(7-5-12)23-10-13(21)9-20-15(22)8-11-2-1-3-11/h4-7,11,13,21H,1-3,8-10H2,(H,20,22). The van der Waals surface area contributed by atoms with Crippen molar-refractivity contribution >= 4 is 5.91 Å². The minimum atomic E-state index is -4.39. The summed E-state index contributed by atoms with van der Waals surface area (Å²) in [6, 6.07) is 4.24. The Morgan fingerprint density at radius 3 is 2.48 bits per heavy atom. The number of nitrogens with one attached hydrogen (secondary N) is 1. The van der Waals surface area contributed by atoms with Crippen LogP contribution in [0.15, 0.2) is 24.3 Å². The van der Waals surface area contributed by atoms with Crippen molar-refractivity contribution in [1.29, 1.82) is 0 Å². The van der Waals surface area contributed by atoms with Crippen LogP contribution in [0.1, 0.15) is 31.2 Å². The molecule has 128 valence electrons. The van der Waals surface area contributed by atoms with E-state index >= 15 is 0 Å². The summed E-state index contributed by atoms with van der Waals surface area (Å²) in [5.41, 5.74) is -0.756. The molecule has 1 fully saturated rings. The first kappa shape index (κ1) is 17.6. The van der Waals surface area contributed by atoms with Gasteiger partial charge in [-0.1, -0.05) is 6.42 Å². The Morgan fingerprint density at radius 2 is 1.96 bits per heavy atom. The molecule has 4 nitrogen and oxygen atoms in total. The molecule has 0 heterocycles. The molecule has 1 aliphatic carbocycles. The summed E-state index contributed by atoms with van der Waals surface area (Å²) in [6.45, 7) is -0.0404. The number of carbonyl (C=O) groups is 1. The molecule has 0 aliphatic heterocycles. The Labute approximate surface area is 132 Å². The molecule has 0 bridgehead atoms. The van der Waals surface area contributed by atoms with E-state index in [-0.39, 0.29) is 24.8 Å². The van der Waals surface area contributed by atoms with E-state index in [1.54, 1.807) is 0 Å². The van der Waals surface area contributed by atoms with Gasteiger partial charge in [0.25, 0.3) is 0 Å². The molecule has 0 spiro atoms. The molecule has 1 aromatic carbocycles. The number of aliphatic hydroxyl groups is 1. The zero-order valence-corrected chi connectivity index (χ0v) is 12.6. The van der Waals surface area contributed by atoms with Crippen LogP contribution in [0.3, 0.4) is 0 Å². The number of rotatable bonds is 7. The van der Waals surface area contributed by atoms with Crippen molar-refractivity contribution in [3.05, 3.63) is 29.8 Å². The fourth-order valence-corrected chi connectivity index (χ4v) is 2.25. The molecule has 0 saturated heterocycles. The Kier molecular flexibility index (Phi) is 5.87. The van der Waals surface area contributed by atoms with Crippen LogP contribution < -0.4 is 10.1 Å². The highest BCUT2D eigenvalue weighted by Crippen LogP contribution is 2.30. The lowest BCUT2D eigenvalue weighted by Gasteiger charge is -2.24. The van der Waals surface area contributed by atoms with E-state index in [1.807, 2.05) is 0 Å². The van der Waals surface area contributed by atoms with Crippen LogP contribution in [0.5, 0.6) is 5.75 Å². The third-order valence-electron chi connectivity index (χ3n) is 3.86. The van der Waals surface area contributed by atoms with E-state index in [4.69, 9.17) is 4.74 Å². The van der Waals surface area contributed by atoms with Crippen LogP contribution in [0.25, 0.3) is 0 Å². The Morgan fingerprint density at radius 1 is 1.30 bits per heavy atom. The SMILES string of the molecule is O=C(CC1CCC1)NCC(O)COc1ccc(C(F)(F)F)cc1. The zero-order valence-electron chi connectivity index (χ0n) is 12.6. The maximum atomic E-state index is 12.4. The van der Waals surface area contributed by atoms with Gasteiger partial charge in [-0.25, -0.2) is 0 Å². The molecule has 23 heavy (non-hydrogen) atoms. The Balaban J connectivity index is 1.67. The number of carbonyl (C=O) groups excluding carboxylic acids is 1. The van der Waals surface area contributed by atoms with E-state index in [2.05, 4.69) is 5.32 Å². The quantitative estimate of drug-likeness (QED) is 0.808. The van der Waals surface area contributed by atoms with Crippen LogP contribution in [0, 0.1) is 5.92 Å². The number of hydrogen-bond acceptors (Lipinski definition) is 3. The van der Waals surface area contributed by atoms with Gasteiger partial charge in [0.05, 0.1) is 5.56 Å². The third kappa shape index (κ3) is 5.74. The lowest BCUT2D eigenvalue weighted by atomic mass is 9.83. The topological polar surface area (TPSA) is 58.6 Å². The highest BCUT2D eigenvalue weighted by molar-refractivity contribution is 5.76. The maximum absolute atomic E-state index is 12.4. The number of benzene rings is 1. The second kappa shape index (κ2) is 7.68. The summed E-state index contributed by atoms with van der Waals surface area (Å²) < 4.78 is 42.4. The van der Waals surface area contributed by atoms with Crippen molar-refractivity contribution in [3.63, 3.8) is 0 Å². The Hall–Kier alpha value is -1.76. The smallest absolute Gasteiger partial charge is 0.416 e.